The summed E-state index contributed by atoms with van der Waals surface area (Å²) in [6.07, 6.45) is 2.33. The summed E-state index contributed by atoms with van der Waals surface area (Å²) < 4.78 is 5.29. The van der Waals surface area contributed by atoms with E-state index in [2.05, 4.69) is 73.8 Å². The molecule has 0 unspecified atom stereocenters. The predicted molar refractivity (Wildman–Crippen MR) is 120 cm³/mol. The highest BCUT2D eigenvalue weighted by Crippen LogP contribution is 2.15. The van der Waals surface area contributed by atoms with E-state index in [0.29, 0.717) is 30.4 Å². The molecule has 2 N–H and O–H groups in total. The van der Waals surface area contributed by atoms with Crippen molar-refractivity contribution in [3.05, 3.63) is 60.0 Å². The van der Waals surface area contributed by atoms with Crippen LogP contribution in [0.25, 0.3) is 11.6 Å². The Bertz CT molecular complexity index is 939. The molecule has 2 heterocycles. The SMILES string of the molecule is CCN(CCNC(=NC)NCCc1noc(-c2ccccn2)n1)c1cccc(C)c1. The average molecular weight is 408 g/mol. The zero-order valence-corrected chi connectivity index (χ0v) is 17.8. The number of guanidine groups is 1. The van der Waals surface area contributed by atoms with E-state index in [-0.39, 0.29) is 0 Å². The van der Waals surface area contributed by atoms with E-state index in [0.717, 1.165) is 25.6 Å². The van der Waals surface area contributed by atoms with Gasteiger partial charge in [0.15, 0.2) is 11.8 Å². The first-order valence-electron chi connectivity index (χ1n) is 10.2. The molecule has 0 saturated carbocycles. The molecule has 0 radical (unpaired) electrons. The normalized spacial score (nSPS) is 11.4. The van der Waals surface area contributed by atoms with Gasteiger partial charge in [-0.2, -0.15) is 4.98 Å². The van der Waals surface area contributed by atoms with Crippen molar-refractivity contribution in [3.8, 4) is 11.6 Å². The zero-order valence-electron chi connectivity index (χ0n) is 17.8. The fourth-order valence-electron chi connectivity index (χ4n) is 3.07. The molecule has 30 heavy (non-hydrogen) atoms. The van der Waals surface area contributed by atoms with Crippen molar-refractivity contribution < 1.29 is 4.52 Å². The van der Waals surface area contributed by atoms with Crippen LogP contribution in [0.5, 0.6) is 0 Å². The van der Waals surface area contributed by atoms with E-state index < -0.39 is 0 Å². The first-order valence-corrected chi connectivity index (χ1v) is 10.2. The summed E-state index contributed by atoms with van der Waals surface area (Å²) in [5.41, 5.74) is 3.18. The minimum atomic E-state index is 0.434. The number of hydrogen-bond donors (Lipinski definition) is 2. The Hall–Kier alpha value is -3.42. The average Bonchev–Trinajstić information content (AvgIpc) is 3.25. The molecule has 8 heteroatoms. The summed E-state index contributed by atoms with van der Waals surface area (Å²) in [6, 6.07) is 14.2. The van der Waals surface area contributed by atoms with Crippen LogP contribution >= 0.6 is 0 Å². The van der Waals surface area contributed by atoms with Crippen LogP contribution in [0.3, 0.4) is 0 Å². The van der Waals surface area contributed by atoms with E-state index in [9.17, 15) is 0 Å². The molecule has 8 nitrogen and oxygen atoms in total. The first-order chi connectivity index (χ1) is 14.7. The van der Waals surface area contributed by atoms with Crippen LogP contribution in [0.15, 0.2) is 58.2 Å². The van der Waals surface area contributed by atoms with Gasteiger partial charge in [0.2, 0.25) is 0 Å². The Morgan fingerprint density at radius 2 is 2.00 bits per heavy atom. The quantitative estimate of drug-likeness (QED) is 0.416. The van der Waals surface area contributed by atoms with Crippen molar-refractivity contribution in [1.29, 1.82) is 0 Å². The van der Waals surface area contributed by atoms with Gasteiger partial charge < -0.3 is 20.1 Å². The Labute approximate surface area is 177 Å². The minimum absolute atomic E-state index is 0.434. The maximum absolute atomic E-state index is 5.29. The van der Waals surface area contributed by atoms with Gasteiger partial charge >= 0.3 is 0 Å². The Kier molecular flexibility index (Phi) is 7.77. The van der Waals surface area contributed by atoms with E-state index in [1.54, 1.807) is 13.2 Å². The highest BCUT2D eigenvalue weighted by Gasteiger charge is 2.10. The standard InChI is InChI=1S/C22H29N7O/c1-4-29(18-9-7-8-17(2)16-18)15-14-26-22(23-3)25-13-11-20-27-21(30-28-20)19-10-5-6-12-24-19/h5-10,12,16H,4,11,13-15H2,1-3H3,(H2,23,25,26). The van der Waals surface area contributed by atoms with Gasteiger partial charge in [-0.25, -0.2) is 0 Å². The molecular weight excluding hydrogens is 378 g/mol. The van der Waals surface area contributed by atoms with Crippen LogP contribution in [0.2, 0.25) is 0 Å². The highest BCUT2D eigenvalue weighted by molar-refractivity contribution is 5.79. The number of benzene rings is 1. The molecule has 2 aromatic heterocycles. The van der Waals surface area contributed by atoms with E-state index in [1.165, 1.54) is 11.3 Å². The second-order valence-electron chi connectivity index (χ2n) is 6.83. The molecule has 0 atom stereocenters. The molecular formula is C22H29N7O. The number of aliphatic imine (C=N–C) groups is 1. The van der Waals surface area contributed by atoms with Crippen LogP contribution in [0.1, 0.15) is 18.3 Å². The number of hydrogen-bond acceptors (Lipinski definition) is 6. The van der Waals surface area contributed by atoms with E-state index in [4.69, 9.17) is 4.52 Å². The number of likely N-dealkylation sites (N-methyl/N-ethyl adjacent to an activating group) is 1. The number of anilines is 1. The summed E-state index contributed by atoms with van der Waals surface area (Å²) >= 11 is 0. The molecule has 0 bridgehead atoms. The lowest BCUT2D eigenvalue weighted by Crippen LogP contribution is -2.42. The summed E-state index contributed by atoms with van der Waals surface area (Å²) in [4.78, 5) is 15.2. The molecule has 0 aliphatic carbocycles. The molecule has 0 aliphatic heterocycles. The van der Waals surface area contributed by atoms with Crippen LogP contribution in [0, 0.1) is 6.92 Å². The Morgan fingerprint density at radius 3 is 2.73 bits per heavy atom. The van der Waals surface area contributed by atoms with Crippen LogP contribution < -0.4 is 15.5 Å². The van der Waals surface area contributed by atoms with Gasteiger partial charge in [0.1, 0.15) is 5.69 Å². The van der Waals surface area contributed by atoms with Crippen molar-refractivity contribution in [3.63, 3.8) is 0 Å². The molecule has 0 amide bonds. The fourth-order valence-corrected chi connectivity index (χ4v) is 3.07. The molecule has 0 aliphatic rings. The lowest BCUT2D eigenvalue weighted by atomic mass is 10.2. The predicted octanol–water partition coefficient (Wildman–Crippen LogP) is 2.67. The van der Waals surface area contributed by atoms with Crippen LogP contribution in [-0.2, 0) is 6.42 Å². The van der Waals surface area contributed by atoms with Crippen LogP contribution in [0.4, 0.5) is 5.69 Å². The zero-order chi connectivity index (χ0) is 21.2. The summed E-state index contributed by atoms with van der Waals surface area (Å²) in [7, 11) is 1.76. The molecule has 1 aromatic carbocycles. The summed E-state index contributed by atoms with van der Waals surface area (Å²) in [5, 5.41) is 10.7. The van der Waals surface area contributed by atoms with Gasteiger partial charge in [0.05, 0.1) is 0 Å². The molecule has 3 aromatic rings. The molecule has 3 rings (SSSR count). The molecule has 0 saturated heterocycles. The minimum Gasteiger partial charge on any atom is -0.370 e. The lowest BCUT2D eigenvalue weighted by Gasteiger charge is -2.24. The third kappa shape index (κ3) is 6.04. The van der Waals surface area contributed by atoms with Gasteiger partial charge in [-0.15, -0.1) is 0 Å². The van der Waals surface area contributed by atoms with Gasteiger partial charge in [0.25, 0.3) is 5.89 Å². The number of nitrogens with zero attached hydrogens (tertiary/aromatic N) is 5. The molecule has 0 spiro atoms. The number of rotatable bonds is 9. The van der Waals surface area contributed by atoms with Gasteiger partial charge in [0, 0.05) is 51.5 Å². The largest absolute Gasteiger partial charge is 0.370 e. The molecule has 0 fully saturated rings. The number of aryl methyl sites for hydroxylation is 1. The second kappa shape index (κ2) is 10.9. The van der Waals surface area contributed by atoms with Crippen molar-refractivity contribution in [2.45, 2.75) is 20.3 Å². The Morgan fingerprint density at radius 1 is 1.13 bits per heavy atom. The smallest absolute Gasteiger partial charge is 0.276 e. The van der Waals surface area contributed by atoms with E-state index in [1.807, 2.05) is 18.2 Å². The second-order valence-corrected chi connectivity index (χ2v) is 6.83. The number of pyridine rings is 1. The van der Waals surface area contributed by atoms with Crippen molar-refractivity contribution >= 4 is 11.6 Å². The molecule has 158 valence electrons. The maximum Gasteiger partial charge on any atom is 0.276 e. The van der Waals surface area contributed by atoms with Crippen molar-refractivity contribution in [2.24, 2.45) is 4.99 Å². The summed E-state index contributed by atoms with van der Waals surface area (Å²) in [6.45, 7) is 7.56. The third-order valence-electron chi connectivity index (χ3n) is 4.64. The number of aromatic nitrogens is 3. The summed E-state index contributed by atoms with van der Waals surface area (Å²) in [5.74, 6) is 1.82. The third-order valence-corrected chi connectivity index (χ3v) is 4.64. The van der Waals surface area contributed by atoms with Crippen molar-refractivity contribution in [1.82, 2.24) is 25.8 Å². The van der Waals surface area contributed by atoms with E-state index >= 15 is 0 Å². The lowest BCUT2D eigenvalue weighted by molar-refractivity contribution is 0.421. The first kappa shape index (κ1) is 21.3. The monoisotopic (exact) mass is 407 g/mol. The Balaban J connectivity index is 1.42. The number of nitrogens with one attached hydrogen (secondary N) is 2. The van der Waals surface area contributed by atoms with Crippen LogP contribution in [-0.4, -0.2) is 54.3 Å². The topological polar surface area (TPSA) is 91.5 Å². The van der Waals surface area contributed by atoms with Gasteiger partial charge in [-0.3, -0.25) is 9.98 Å². The van der Waals surface area contributed by atoms with Gasteiger partial charge in [-0.05, 0) is 43.7 Å². The van der Waals surface area contributed by atoms with Gasteiger partial charge in [-0.1, -0.05) is 23.4 Å². The van der Waals surface area contributed by atoms with Crippen molar-refractivity contribution in [2.75, 3.05) is 38.1 Å². The highest BCUT2D eigenvalue weighted by atomic mass is 16.5. The fraction of sp³-hybridized carbons (Fsp3) is 0.364. The maximum atomic E-state index is 5.29.